The number of aromatic nitrogens is 1. The molecule has 0 saturated heterocycles. The number of hydrogen-bond donors (Lipinski definition) is 2. The molecule has 6 nitrogen and oxygen atoms in total. The molecule has 0 unspecified atom stereocenters. The molecule has 1 aliphatic rings. The first-order valence-corrected chi connectivity index (χ1v) is 6.71. The van der Waals surface area contributed by atoms with Crippen molar-refractivity contribution < 1.29 is 9.53 Å². The molecule has 0 aliphatic carbocycles. The van der Waals surface area contributed by atoms with Gasteiger partial charge in [0.25, 0.3) is 5.91 Å². The van der Waals surface area contributed by atoms with Crippen molar-refractivity contribution in [1.82, 2.24) is 4.98 Å². The predicted molar refractivity (Wildman–Crippen MR) is 80.7 cm³/mol. The summed E-state index contributed by atoms with van der Waals surface area (Å²) in [4.78, 5) is 17.9. The maximum absolute atomic E-state index is 11.7. The second-order valence-electron chi connectivity index (χ2n) is 4.83. The van der Waals surface area contributed by atoms with E-state index in [0.29, 0.717) is 30.2 Å². The minimum atomic E-state index is -0.549. The van der Waals surface area contributed by atoms with E-state index in [9.17, 15) is 4.79 Å². The number of amides is 1. The highest BCUT2D eigenvalue weighted by Gasteiger charge is 2.22. The number of carbonyl (C=O) groups is 1. The van der Waals surface area contributed by atoms with E-state index in [2.05, 4.69) is 4.98 Å². The molecule has 4 N–H and O–H groups in total. The fraction of sp³-hybridized carbons (Fsp3) is 0.200. The van der Waals surface area contributed by atoms with Crippen LogP contribution in [0.25, 0.3) is 0 Å². The van der Waals surface area contributed by atoms with Crippen LogP contribution >= 0.6 is 0 Å². The maximum Gasteiger partial charge on any atom is 0.252 e. The number of ether oxygens (including phenoxy) is 1. The summed E-state index contributed by atoms with van der Waals surface area (Å²) in [5.74, 6) is 0.728. The molecular weight excluding hydrogens is 268 g/mol. The topological polar surface area (TPSA) is 94.5 Å². The number of nitrogens with zero attached hydrogens (tertiary/aromatic N) is 2. The van der Waals surface area contributed by atoms with Gasteiger partial charge in [-0.3, -0.25) is 4.79 Å². The number of primary amides is 1. The predicted octanol–water partition coefficient (Wildman–Crippen LogP) is 1.68. The van der Waals surface area contributed by atoms with E-state index in [-0.39, 0.29) is 0 Å². The Hall–Kier alpha value is -2.76. The lowest BCUT2D eigenvalue weighted by atomic mass is 10.2. The van der Waals surface area contributed by atoms with Crippen LogP contribution in [0.4, 0.5) is 17.2 Å². The molecule has 6 heteroatoms. The quantitative estimate of drug-likeness (QED) is 0.875. The Morgan fingerprint density at radius 3 is 2.95 bits per heavy atom. The van der Waals surface area contributed by atoms with Gasteiger partial charge in [-0.05, 0) is 24.6 Å². The Labute approximate surface area is 122 Å². The number of carbonyl (C=O) groups excluding carboxylic acids is 1. The van der Waals surface area contributed by atoms with E-state index in [0.717, 1.165) is 17.9 Å². The lowest BCUT2D eigenvalue weighted by Crippen LogP contribution is -2.24. The molecule has 108 valence electrons. The molecule has 0 atom stereocenters. The summed E-state index contributed by atoms with van der Waals surface area (Å²) in [6.07, 6.45) is 2.34. The van der Waals surface area contributed by atoms with Crippen LogP contribution in [0, 0.1) is 0 Å². The van der Waals surface area contributed by atoms with Crippen LogP contribution in [0.1, 0.15) is 16.8 Å². The molecule has 3 rings (SSSR count). The number of nitrogens with two attached hydrogens (primary N) is 2. The Balaban J connectivity index is 2.14. The van der Waals surface area contributed by atoms with Gasteiger partial charge in [-0.1, -0.05) is 12.1 Å². The Bertz CT molecular complexity index is 687. The van der Waals surface area contributed by atoms with E-state index < -0.39 is 5.91 Å². The number of pyridine rings is 1. The van der Waals surface area contributed by atoms with E-state index >= 15 is 0 Å². The monoisotopic (exact) mass is 284 g/mol. The number of benzene rings is 1. The third-order valence-corrected chi connectivity index (χ3v) is 3.35. The van der Waals surface area contributed by atoms with Crippen LogP contribution in [0.3, 0.4) is 0 Å². The van der Waals surface area contributed by atoms with Gasteiger partial charge >= 0.3 is 0 Å². The molecule has 2 heterocycles. The van der Waals surface area contributed by atoms with E-state index in [1.807, 2.05) is 29.2 Å². The van der Waals surface area contributed by atoms with Crippen LogP contribution in [0.2, 0.25) is 0 Å². The smallest absolute Gasteiger partial charge is 0.252 e. The van der Waals surface area contributed by atoms with Gasteiger partial charge in [0.1, 0.15) is 11.6 Å². The number of anilines is 3. The SMILES string of the molecule is NC(=O)c1cc(N)cnc1N1CCCOc2ccccc21. The lowest BCUT2D eigenvalue weighted by Gasteiger charge is -2.24. The van der Waals surface area contributed by atoms with Crippen LogP contribution in [0.5, 0.6) is 5.75 Å². The highest BCUT2D eigenvalue weighted by Crippen LogP contribution is 2.36. The van der Waals surface area contributed by atoms with Gasteiger partial charge in [-0.2, -0.15) is 0 Å². The highest BCUT2D eigenvalue weighted by molar-refractivity contribution is 5.99. The summed E-state index contributed by atoms with van der Waals surface area (Å²) >= 11 is 0. The van der Waals surface area contributed by atoms with Gasteiger partial charge in [-0.25, -0.2) is 4.98 Å². The van der Waals surface area contributed by atoms with E-state index in [1.54, 1.807) is 6.07 Å². The Kier molecular flexibility index (Phi) is 3.35. The number of nitrogen functional groups attached to an aromatic ring is 1. The van der Waals surface area contributed by atoms with Crippen molar-refractivity contribution in [3.8, 4) is 5.75 Å². The van der Waals surface area contributed by atoms with Crippen LogP contribution < -0.4 is 21.1 Å². The summed E-state index contributed by atoms with van der Waals surface area (Å²) in [5.41, 5.74) is 12.8. The van der Waals surface area contributed by atoms with Gasteiger partial charge in [0.05, 0.1) is 29.7 Å². The molecule has 1 aliphatic heterocycles. The second-order valence-corrected chi connectivity index (χ2v) is 4.83. The molecule has 2 aromatic rings. The van der Waals surface area contributed by atoms with Gasteiger partial charge in [0, 0.05) is 6.54 Å². The van der Waals surface area contributed by atoms with Crippen molar-refractivity contribution in [3.05, 3.63) is 42.1 Å². The number of hydrogen-bond acceptors (Lipinski definition) is 5. The second kappa shape index (κ2) is 5.32. The fourth-order valence-electron chi connectivity index (χ4n) is 2.42. The average Bonchev–Trinajstić information content (AvgIpc) is 2.69. The van der Waals surface area contributed by atoms with Gasteiger partial charge in [-0.15, -0.1) is 0 Å². The van der Waals surface area contributed by atoms with Crippen LogP contribution in [0.15, 0.2) is 36.5 Å². The molecule has 1 amide bonds. The summed E-state index contributed by atoms with van der Waals surface area (Å²) < 4.78 is 5.71. The number of para-hydroxylation sites is 2. The van der Waals surface area contributed by atoms with Gasteiger partial charge in [0.2, 0.25) is 0 Å². The first kappa shape index (κ1) is 13.2. The molecule has 21 heavy (non-hydrogen) atoms. The van der Waals surface area contributed by atoms with Crippen molar-refractivity contribution in [2.45, 2.75) is 6.42 Å². The number of rotatable bonds is 2. The minimum Gasteiger partial charge on any atom is -0.491 e. The first-order chi connectivity index (χ1) is 10.2. The number of fused-ring (bicyclic) bond motifs is 1. The summed E-state index contributed by atoms with van der Waals surface area (Å²) in [7, 11) is 0. The zero-order chi connectivity index (χ0) is 14.8. The highest BCUT2D eigenvalue weighted by atomic mass is 16.5. The molecule has 0 bridgehead atoms. The normalized spacial score (nSPS) is 14.0. The van der Waals surface area contributed by atoms with Gasteiger partial charge < -0.3 is 21.1 Å². The van der Waals surface area contributed by atoms with Crippen LogP contribution in [-0.4, -0.2) is 24.0 Å². The average molecular weight is 284 g/mol. The van der Waals surface area contributed by atoms with Crippen molar-refractivity contribution >= 4 is 23.1 Å². The maximum atomic E-state index is 11.7. The zero-order valence-corrected chi connectivity index (χ0v) is 11.5. The molecule has 0 radical (unpaired) electrons. The third-order valence-electron chi connectivity index (χ3n) is 3.35. The molecule has 0 saturated carbocycles. The fourth-order valence-corrected chi connectivity index (χ4v) is 2.42. The molecule has 1 aromatic carbocycles. The summed E-state index contributed by atoms with van der Waals surface area (Å²) in [6, 6.07) is 9.22. The van der Waals surface area contributed by atoms with E-state index in [1.165, 1.54) is 6.20 Å². The third kappa shape index (κ3) is 2.47. The largest absolute Gasteiger partial charge is 0.491 e. The van der Waals surface area contributed by atoms with Crippen molar-refractivity contribution in [2.75, 3.05) is 23.8 Å². The lowest BCUT2D eigenvalue weighted by molar-refractivity contribution is 0.100. The minimum absolute atomic E-state index is 0.312. The Morgan fingerprint density at radius 1 is 1.33 bits per heavy atom. The van der Waals surface area contributed by atoms with Crippen molar-refractivity contribution in [3.63, 3.8) is 0 Å². The van der Waals surface area contributed by atoms with Crippen molar-refractivity contribution in [1.29, 1.82) is 0 Å². The Morgan fingerprint density at radius 2 is 2.14 bits per heavy atom. The molecule has 0 fully saturated rings. The molecule has 1 aromatic heterocycles. The van der Waals surface area contributed by atoms with Gasteiger partial charge in [0.15, 0.2) is 0 Å². The van der Waals surface area contributed by atoms with Crippen LogP contribution in [-0.2, 0) is 0 Å². The van der Waals surface area contributed by atoms with E-state index in [4.69, 9.17) is 16.2 Å². The molecule has 0 spiro atoms. The standard InChI is InChI=1S/C15H16N4O2/c16-10-8-11(14(17)20)15(18-9-10)19-6-3-7-21-13-5-2-1-4-12(13)19/h1-2,4-5,8-9H,3,6-7,16H2,(H2,17,20). The zero-order valence-electron chi connectivity index (χ0n) is 11.5. The van der Waals surface area contributed by atoms with Crippen molar-refractivity contribution in [2.24, 2.45) is 5.73 Å². The first-order valence-electron chi connectivity index (χ1n) is 6.71. The summed E-state index contributed by atoms with van der Waals surface area (Å²) in [6.45, 7) is 1.31. The summed E-state index contributed by atoms with van der Waals surface area (Å²) in [5, 5.41) is 0. The molecular formula is C15H16N4O2.